The van der Waals surface area contributed by atoms with Crippen LogP contribution in [0.4, 0.5) is 0 Å². The molecule has 3 N–H and O–H groups in total. The van der Waals surface area contributed by atoms with Crippen LogP contribution in [0.3, 0.4) is 0 Å². The number of aldehydes is 1. The summed E-state index contributed by atoms with van der Waals surface area (Å²) in [6.45, 7) is 3.00. The van der Waals surface area contributed by atoms with E-state index in [2.05, 4.69) is 0 Å². The molecule has 0 radical (unpaired) electrons. The SMILES string of the molecule is C.C.CS(=O)(=O)OCCCC(O)(c1cccc(Cl)c1)c1csc(C2OCCO2)c1.O=Cc1cc(C2(c3cccc(Cl)c3)CCCO2)cs1.OCCCC(O)(c1cccc(Cl)c1)c1csc(C2OCCO2)c1. The van der Waals surface area contributed by atoms with Crippen molar-refractivity contribution in [2.75, 3.05) is 52.5 Å². The number of benzene rings is 3. The molecule has 386 valence electrons. The molecule has 9 rings (SSSR count). The van der Waals surface area contributed by atoms with Gasteiger partial charge in [-0.25, -0.2) is 0 Å². The van der Waals surface area contributed by atoms with Crippen molar-refractivity contribution in [2.45, 2.75) is 82.8 Å². The van der Waals surface area contributed by atoms with Gasteiger partial charge < -0.3 is 39.0 Å². The Morgan fingerprint density at radius 1 is 0.676 bits per heavy atom. The Labute approximate surface area is 444 Å². The number of hydrogen-bond acceptors (Lipinski definition) is 15. The molecule has 12 nitrogen and oxygen atoms in total. The van der Waals surface area contributed by atoms with Gasteiger partial charge in [0, 0.05) is 28.3 Å². The summed E-state index contributed by atoms with van der Waals surface area (Å²) < 4.78 is 55.3. The van der Waals surface area contributed by atoms with Gasteiger partial charge in [0.25, 0.3) is 10.1 Å². The third kappa shape index (κ3) is 15.0. The minimum Gasteiger partial charge on any atom is -0.396 e. The van der Waals surface area contributed by atoms with E-state index in [9.17, 15) is 28.5 Å². The Morgan fingerprint density at radius 3 is 1.62 bits per heavy atom. The molecule has 3 unspecified atom stereocenters. The molecule has 0 saturated carbocycles. The van der Waals surface area contributed by atoms with Gasteiger partial charge in [0.05, 0.1) is 53.9 Å². The van der Waals surface area contributed by atoms with Gasteiger partial charge in [-0.2, -0.15) is 8.42 Å². The molecule has 3 aromatic heterocycles. The monoisotopic (exact) mass is 1110 g/mol. The molecule has 71 heavy (non-hydrogen) atoms. The molecule has 0 amide bonds. The summed E-state index contributed by atoms with van der Waals surface area (Å²) in [5.74, 6) is 0. The predicted molar refractivity (Wildman–Crippen MR) is 284 cm³/mol. The van der Waals surface area contributed by atoms with Crippen LogP contribution >= 0.6 is 68.8 Å². The smallest absolute Gasteiger partial charge is 0.264 e. The Kier molecular flexibility index (Phi) is 22.3. The maximum Gasteiger partial charge on any atom is 0.264 e. The topological polar surface area (TPSA) is 167 Å². The minimum atomic E-state index is -3.52. The summed E-state index contributed by atoms with van der Waals surface area (Å²) in [6, 6.07) is 27.7. The van der Waals surface area contributed by atoms with Crippen molar-refractivity contribution >= 4 is 85.2 Å². The molecule has 0 aliphatic carbocycles. The van der Waals surface area contributed by atoms with Gasteiger partial charge in [0.15, 0.2) is 18.9 Å². The highest BCUT2D eigenvalue weighted by atomic mass is 35.5. The van der Waals surface area contributed by atoms with Crippen molar-refractivity contribution in [1.82, 2.24) is 0 Å². The van der Waals surface area contributed by atoms with Crippen molar-refractivity contribution in [3.8, 4) is 0 Å². The third-order valence-electron chi connectivity index (χ3n) is 11.7. The number of ether oxygens (including phenoxy) is 5. The summed E-state index contributed by atoms with van der Waals surface area (Å²) >= 11 is 22.7. The van der Waals surface area contributed by atoms with E-state index in [1.807, 2.05) is 70.7 Å². The molecule has 0 spiro atoms. The van der Waals surface area contributed by atoms with E-state index < -0.39 is 33.2 Å². The largest absolute Gasteiger partial charge is 0.396 e. The van der Waals surface area contributed by atoms with Crippen LogP contribution in [0.2, 0.25) is 15.1 Å². The van der Waals surface area contributed by atoms with E-state index in [1.165, 1.54) is 34.0 Å². The van der Waals surface area contributed by atoms with Crippen LogP contribution in [0.1, 0.15) is 119 Å². The zero-order valence-electron chi connectivity index (χ0n) is 37.6. The van der Waals surface area contributed by atoms with Crippen LogP contribution in [0, 0.1) is 0 Å². The van der Waals surface area contributed by atoms with Gasteiger partial charge >= 0.3 is 0 Å². The predicted octanol–water partition coefficient (Wildman–Crippen LogP) is 12.4. The molecule has 0 bridgehead atoms. The van der Waals surface area contributed by atoms with Crippen LogP contribution in [-0.2, 0) is 54.8 Å². The van der Waals surface area contributed by atoms with E-state index in [1.54, 1.807) is 36.4 Å². The quantitative estimate of drug-likeness (QED) is 0.0450. The average molecular weight is 1110 g/mol. The summed E-state index contributed by atoms with van der Waals surface area (Å²) in [5.41, 5.74) is 1.95. The van der Waals surface area contributed by atoms with Gasteiger partial charge in [-0.3, -0.25) is 8.98 Å². The summed E-state index contributed by atoms with van der Waals surface area (Å²) in [6.07, 6.45) is 4.56. The zero-order valence-corrected chi connectivity index (χ0v) is 43.1. The lowest BCUT2D eigenvalue weighted by molar-refractivity contribution is -0.0417. The number of aliphatic hydroxyl groups excluding tert-OH is 1. The van der Waals surface area contributed by atoms with Crippen LogP contribution < -0.4 is 0 Å². The molecule has 19 heteroatoms. The number of halogens is 3. The number of thiophene rings is 3. The molecule has 6 aromatic rings. The lowest BCUT2D eigenvalue weighted by atomic mass is 9.84. The molecule has 3 aromatic carbocycles. The van der Waals surface area contributed by atoms with Crippen LogP contribution in [0.15, 0.2) is 107 Å². The van der Waals surface area contributed by atoms with Crippen LogP contribution in [0.25, 0.3) is 0 Å². The standard InChI is InChI=1S/C18H21ClO6S2.C17H19ClO4S.C15H13ClO2S.2CH4/c1-27(21,22)25-7-3-6-18(20,13-4-2-5-15(19)10-13)14-11-16(26-12-14)17-23-8-9-24-17;18-14-4-1-3-12(9-14)17(20,5-2-6-19)13-10-15(23-11-13)16-21-7-8-22-16;16-13-4-1-3-11(7-13)15(5-2-6-18-15)12-8-14(9-17)19-10-12;;/h2,4-5,10-12,17,20H,3,6-9H2,1H3;1,3-4,9-11,16,19-20H,2,5-8H2;1,3-4,7-10H,2,5-6H2;2*1H4. The van der Waals surface area contributed by atoms with Crippen LogP contribution in [-0.4, -0.2) is 82.5 Å². The fourth-order valence-corrected chi connectivity index (χ4v) is 12.0. The lowest BCUT2D eigenvalue weighted by Crippen LogP contribution is -2.27. The van der Waals surface area contributed by atoms with Gasteiger partial charge in [0.2, 0.25) is 0 Å². The molecule has 3 aliphatic rings. The van der Waals surface area contributed by atoms with E-state index in [0.717, 1.165) is 68.9 Å². The van der Waals surface area contributed by atoms with Gasteiger partial charge in [0.1, 0.15) is 16.8 Å². The van der Waals surface area contributed by atoms with Crippen molar-refractivity contribution in [1.29, 1.82) is 0 Å². The fourth-order valence-electron chi connectivity index (χ4n) is 8.34. The van der Waals surface area contributed by atoms with Crippen LogP contribution in [0.5, 0.6) is 0 Å². The fraction of sp³-hybridized carbons (Fsp3) is 0.404. The first kappa shape index (κ1) is 58.8. The second-order valence-corrected chi connectivity index (χ2v) is 22.2. The van der Waals surface area contributed by atoms with E-state index >= 15 is 0 Å². The molecular weight excluding hydrogens is 1050 g/mol. The number of hydrogen-bond donors (Lipinski definition) is 3. The van der Waals surface area contributed by atoms with Crippen molar-refractivity contribution in [3.05, 3.63) is 170 Å². The maximum absolute atomic E-state index is 11.5. The second-order valence-electron chi connectivity index (χ2n) is 16.5. The molecular formula is C52H61Cl3O12S4. The second kappa shape index (κ2) is 26.9. The highest BCUT2D eigenvalue weighted by Crippen LogP contribution is 2.45. The Hall–Kier alpha value is -3.11. The summed E-state index contributed by atoms with van der Waals surface area (Å²) in [7, 11) is -3.52. The minimum absolute atomic E-state index is 0. The van der Waals surface area contributed by atoms with Gasteiger partial charge in [-0.05, 0) is 143 Å². The zero-order chi connectivity index (χ0) is 49.1. The highest BCUT2D eigenvalue weighted by molar-refractivity contribution is 7.86. The Morgan fingerprint density at radius 2 is 1.18 bits per heavy atom. The van der Waals surface area contributed by atoms with E-state index in [-0.39, 0.29) is 40.8 Å². The molecule has 3 saturated heterocycles. The Balaban J connectivity index is 0.000000198. The highest BCUT2D eigenvalue weighted by Gasteiger charge is 2.40. The number of carbonyl (C=O) groups is 1. The van der Waals surface area contributed by atoms with Gasteiger partial charge in [-0.1, -0.05) is 86.1 Å². The molecule has 3 fully saturated rings. The number of aliphatic hydroxyl groups is 3. The average Bonchev–Trinajstić information content (AvgIpc) is 4.20. The lowest BCUT2D eigenvalue weighted by Gasteiger charge is -2.28. The first-order valence-corrected chi connectivity index (χ1v) is 27.8. The molecule has 3 aliphatic heterocycles. The van der Waals surface area contributed by atoms with E-state index in [0.29, 0.717) is 71.9 Å². The maximum atomic E-state index is 11.5. The molecule has 3 atom stereocenters. The van der Waals surface area contributed by atoms with Gasteiger partial charge in [-0.15, -0.1) is 34.0 Å². The van der Waals surface area contributed by atoms with Crippen molar-refractivity contribution in [2.24, 2.45) is 0 Å². The summed E-state index contributed by atoms with van der Waals surface area (Å²) in [5, 5.41) is 39.6. The summed E-state index contributed by atoms with van der Waals surface area (Å²) in [4.78, 5) is 13.4. The third-order valence-corrected chi connectivity index (χ3v) is 15.8. The number of carbonyl (C=O) groups excluding carboxylic acids is 1. The van der Waals surface area contributed by atoms with E-state index in [4.69, 9.17) is 62.7 Å². The Bertz CT molecular complexity index is 2710. The first-order valence-electron chi connectivity index (χ1n) is 22.2. The molecule has 6 heterocycles. The normalized spacial score (nSPS) is 18.7. The first-order chi connectivity index (χ1) is 33.2. The van der Waals surface area contributed by atoms with Crippen molar-refractivity contribution < 1.29 is 56.4 Å². The number of rotatable bonds is 17. The van der Waals surface area contributed by atoms with Crippen molar-refractivity contribution in [3.63, 3.8) is 0 Å².